The molecule has 0 radical (unpaired) electrons. The fraction of sp³-hybridized carbons (Fsp3) is 0.273. The maximum atomic E-state index is 4.39. The summed E-state index contributed by atoms with van der Waals surface area (Å²) in [5.41, 5.74) is 3.22. The van der Waals surface area contributed by atoms with Crippen molar-refractivity contribution < 1.29 is 0 Å². The van der Waals surface area contributed by atoms with Crippen LogP contribution < -0.4 is 5.32 Å². The molecule has 0 spiro atoms. The molecule has 2 aromatic rings. The number of thiazole rings is 1. The largest absolute Gasteiger partial charge is 0.378 e. The van der Waals surface area contributed by atoms with Crippen LogP contribution in [0, 0.1) is 13.8 Å². The van der Waals surface area contributed by atoms with E-state index in [0.29, 0.717) is 0 Å². The molecule has 3 nitrogen and oxygen atoms in total. The molecule has 0 saturated heterocycles. The Kier molecular flexibility index (Phi) is 3.56. The number of hydrogen-bond acceptors (Lipinski definition) is 4. The van der Waals surface area contributed by atoms with Gasteiger partial charge in [-0.05, 0) is 41.4 Å². The molecule has 0 unspecified atom stereocenters. The van der Waals surface area contributed by atoms with E-state index in [2.05, 4.69) is 42.7 Å². The first kappa shape index (κ1) is 11.5. The second-order valence-corrected chi connectivity index (χ2v) is 5.36. The summed E-state index contributed by atoms with van der Waals surface area (Å²) in [5, 5.41) is 6.47. The lowest BCUT2D eigenvalue weighted by molar-refractivity contribution is 1.05. The molecule has 0 aliphatic carbocycles. The van der Waals surface area contributed by atoms with Gasteiger partial charge in [-0.3, -0.25) is 0 Å². The van der Waals surface area contributed by atoms with Crippen LogP contribution in [-0.4, -0.2) is 9.97 Å². The predicted molar refractivity (Wildman–Crippen MR) is 70.9 cm³/mol. The number of anilines is 1. The monoisotopic (exact) mass is 297 g/mol. The molecule has 0 aliphatic heterocycles. The van der Waals surface area contributed by atoms with Gasteiger partial charge in [0.1, 0.15) is 4.60 Å². The van der Waals surface area contributed by atoms with E-state index in [1.54, 1.807) is 11.3 Å². The molecular weight excluding hydrogens is 286 g/mol. The van der Waals surface area contributed by atoms with E-state index in [4.69, 9.17) is 0 Å². The molecule has 0 aromatic carbocycles. The molecule has 0 aliphatic rings. The summed E-state index contributed by atoms with van der Waals surface area (Å²) < 4.78 is 0.891. The molecule has 16 heavy (non-hydrogen) atoms. The van der Waals surface area contributed by atoms with Crippen molar-refractivity contribution in [1.29, 1.82) is 0 Å². The smallest absolute Gasteiger partial charge is 0.109 e. The summed E-state index contributed by atoms with van der Waals surface area (Å²) in [6.45, 7) is 4.78. The minimum absolute atomic E-state index is 0.743. The molecule has 1 N–H and O–H groups in total. The Morgan fingerprint density at radius 1 is 1.44 bits per heavy atom. The Bertz CT molecular complexity index is 496. The van der Waals surface area contributed by atoms with Gasteiger partial charge in [0, 0.05) is 5.38 Å². The van der Waals surface area contributed by atoms with E-state index in [9.17, 15) is 0 Å². The zero-order valence-electron chi connectivity index (χ0n) is 9.12. The SMILES string of the molecule is Cc1nc(CNc2cnc(Br)c(C)c2)cs1. The third-order valence-corrected chi connectivity index (χ3v) is 3.81. The molecule has 84 valence electrons. The molecule has 5 heteroatoms. The topological polar surface area (TPSA) is 37.8 Å². The van der Waals surface area contributed by atoms with Crippen molar-refractivity contribution in [3.05, 3.63) is 38.5 Å². The molecular formula is C11H12BrN3S. The first-order valence-corrected chi connectivity index (χ1v) is 6.59. The lowest BCUT2D eigenvalue weighted by Crippen LogP contribution is -2.00. The highest BCUT2D eigenvalue weighted by atomic mass is 79.9. The lowest BCUT2D eigenvalue weighted by Gasteiger charge is -2.05. The van der Waals surface area contributed by atoms with Crippen LogP contribution in [0.1, 0.15) is 16.3 Å². The summed E-state index contributed by atoms with van der Waals surface area (Å²) in [6, 6.07) is 2.07. The summed E-state index contributed by atoms with van der Waals surface area (Å²) in [5.74, 6) is 0. The van der Waals surface area contributed by atoms with Crippen molar-refractivity contribution in [1.82, 2.24) is 9.97 Å². The van der Waals surface area contributed by atoms with Crippen molar-refractivity contribution in [3.63, 3.8) is 0 Å². The maximum absolute atomic E-state index is 4.39. The van der Waals surface area contributed by atoms with Crippen molar-refractivity contribution in [2.75, 3.05) is 5.32 Å². The summed E-state index contributed by atoms with van der Waals surface area (Å²) in [7, 11) is 0. The van der Waals surface area contributed by atoms with Gasteiger partial charge in [0.2, 0.25) is 0 Å². The fourth-order valence-electron chi connectivity index (χ4n) is 1.34. The quantitative estimate of drug-likeness (QED) is 0.881. The number of halogens is 1. The molecule has 0 bridgehead atoms. The third kappa shape index (κ3) is 2.80. The van der Waals surface area contributed by atoms with Crippen LogP contribution in [-0.2, 0) is 6.54 Å². The number of aromatic nitrogens is 2. The molecule has 2 rings (SSSR count). The van der Waals surface area contributed by atoms with Gasteiger partial charge in [0.05, 0.1) is 29.1 Å². The summed E-state index contributed by atoms with van der Waals surface area (Å²) >= 11 is 5.05. The van der Waals surface area contributed by atoms with Crippen LogP contribution in [0.4, 0.5) is 5.69 Å². The van der Waals surface area contributed by atoms with E-state index in [-0.39, 0.29) is 0 Å². The third-order valence-electron chi connectivity index (χ3n) is 2.15. The second kappa shape index (κ2) is 4.93. The average Bonchev–Trinajstić information content (AvgIpc) is 2.66. The second-order valence-electron chi connectivity index (χ2n) is 3.54. The van der Waals surface area contributed by atoms with E-state index in [0.717, 1.165) is 33.1 Å². The maximum Gasteiger partial charge on any atom is 0.109 e. The van der Waals surface area contributed by atoms with Crippen LogP contribution in [0.5, 0.6) is 0 Å². The van der Waals surface area contributed by atoms with E-state index >= 15 is 0 Å². The number of hydrogen-bond donors (Lipinski definition) is 1. The fourth-order valence-corrected chi connectivity index (χ4v) is 2.17. The Hall–Kier alpha value is -0.940. The van der Waals surface area contributed by atoms with E-state index < -0.39 is 0 Å². The Morgan fingerprint density at radius 3 is 2.88 bits per heavy atom. The Morgan fingerprint density at radius 2 is 2.25 bits per heavy atom. The molecule has 0 atom stereocenters. The van der Waals surface area contributed by atoms with Crippen molar-refractivity contribution in [2.24, 2.45) is 0 Å². The van der Waals surface area contributed by atoms with Crippen LogP contribution in [0.2, 0.25) is 0 Å². The standard InChI is InChI=1S/C11H12BrN3S/c1-7-3-9(4-14-11(7)12)13-5-10-6-16-8(2)15-10/h3-4,6,13H,5H2,1-2H3. The van der Waals surface area contributed by atoms with Gasteiger partial charge in [0.15, 0.2) is 0 Å². The number of aryl methyl sites for hydroxylation is 2. The number of rotatable bonds is 3. The van der Waals surface area contributed by atoms with Crippen molar-refractivity contribution >= 4 is 33.0 Å². The Labute approximate surface area is 107 Å². The van der Waals surface area contributed by atoms with Crippen LogP contribution >= 0.6 is 27.3 Å². The van der Waals surface area contributed by atoms with Crippen molar-refractivity contribution in [3.8, 4) is 0 Å². The molecule has 2 aromatic heterocycles. The van der Waals surface area contributed by atoms with Crippen LogP contribution in [0.15, 0.2) is 22.2 Å². The molecule has 0 fully saturated rings. The highest BCUT2D eigenvalue weighted by Gasteiger charge is 2.00. The number of nitrogens with one attached hydrogen (secondary N) is 1. The van der Waals surface area contributed by atoms with Gasteiger partial charge >= 0.3 is 0 Å². The van der Waals surface area contributed by atoms with E-state index in [1.807, 2.05) is 20.0 Å². The van der Waals surface area contributed by atoms with Gasteiger partial charge < -0.3 is 5.32 Å². The van der Waals surface area contributed by atoms with Gasteiger partial charge in [0.25, 0.3) is 0 Å². The molecule has 2 heterocycles. The molecule has 0 amide bonds. The first-order valence-electron chi connectivity index (χ1n) is 4.92. The first-order chi connectivity index (χ1) is 7.65. The number of nitrogens with zero attached hydrogens (tertiary/aromatic N) is 2. The normalized spacial score (nSPS) is 10.4. The zero-order chi connectivity index (χ0) is 11.5. The highest BCUT2D eigenvalue weighted by Crippen LogP contribution is 2.17. The minimum atomic E-state index is 0.743. The highest BCUT2D eigenvalue weighted by molar-refractivity contribution is 9.10. The van der Waals surface area contributed by atoms with Crippen LogP contribution in [0.3, 0.4) is 0 Å². The van der Waals surface area contributed by atoms with Gasteiger partial charge in [-0.1, -0.05) is 0 Å². The summed E-state index contributed by atoms with van der Waals surface area (Å²) in [4.78, 5) is 8.62. The van der Waals surface area contributed by atoms with Crippen LogP contribution in [0.25, 0.3) is 0 Å². The van der Waals surface area contributed by atoms with Gasteiger partial charge in [-0.25, -0.2) is 9.97 Å². The predicted octanol–water partition coefficient (Wildman–Crippen LogP) is 3.53. The molecule has 0 saturated carbocycles. The number of pyridine rings is 1. The lowest BCUT2D eigenvalue weighted by atomic mass is 10.3. The van der Waals surface area contributed by atoms with Gasteiger partial charge in [-0.15, -0.1) is 11.3 Å². The Balaban J connectivity index is 2.02. The summed E-state index contributed by atoms with van der Waals surface area (Å²) in [6.07, 6.45) is 1.82. The average molecular weight is 298 g/mol. The zero-order valence-corrected chi connectivity index (χ0v) is 11.5. The van der Waals surface area contributed by atoms with Gasteiger partial charge in [-0.2, -0.15) is 0 Å². The van der Waals surface area contributed by atoms with E-state index in [1.165, 1.54) is 0 Å². The van der Waals surface area contributed by atoms with Crippen molar-refractivity contribution in [2.45, 2.75) is 20.4 Å². The minimum Gasteiger partial charge on any atom is -0.378 e.